The van der Waals surface area contributed by atoms with E-state index in [4.69, 9.17) is 4.52 Å². The molecule has 0 bridgehead atoms. The highest BCUT2D eigenvalue weighted by molar-refractivity contribution is 5.55. The van der Waals surface area contributed by atoms with Crippen LogP contribution in [-0.2, 0) is 6.54 Å². The molecule has 0 radical (unpaired) electrons. The Morgan fingerprint density at radius 2 is 2.09 bits per heavy atom. The Bertz CT molecular complexity index is 639. The minimum atomic E-state index is 0.109. The number of hydrogen-bond donors (Lipinski definition) is 1. The molecule has 1 aliphatic heterocycles. The highest BCUT2D eigenvalue weighted by Crippen LogP contribution is 2.34. The molecule has 1 aliphatic rings. The van der Waals surface area contributed by atoms with Gasteiger partial charge in [0.15, 0.2) is 0 Å². The third-order valence-corrected chi connectivity index (χ3v) is 5.11. The van der Waals surface area contributed by atoms with Gasteiger partial charge in [0.05, 0.1) is 6.54 Å². The van der Waals surface area contributed by atoms with Crippen molar-refractivity contribution >= 4 is 0 Å². The molecule has 2 aromatic rings. The number of aryl methyl sites for hydroxylation is 1. The average Bonchev–Trinajstić information content (AvgIpc) is 3.04. The number of aliphatic hydroxyl groups excluding tert-OH is 1. The van der Waals surface area contributed by atoms with E-state index in [1.165, 1.54) is 5.56 Å². The van der Waals surface area contributed by atoms with Gasteiger partial charge in [-0.3, -0.25) is 4.90 Å². The largest absolute Gasteiger partial charge is 0.396 e. The summed E-state index contributed by atoms with van der Waals surface area (Å²) in [6.45, 7) is 7.13. The maximum Gasteiger partial charge on any atom is 0.241 e. The van der Waals surface area contributed by atoms with Crippen LogP contribution in [0.25, 0.3) is 11.4 Å². The van der Waals surface area contributed by atoms with E-state index in [1.807, 2.05) is 12.1 Å². The number of benzene rings is 1. The van der Waals surface area contributed by atoms with E-state index in [9.17, 15) is 5.11 Å². The van der Waals surface area contributed by atoms with Gasteiger partial charge in [-0.2, -0.15) is 4.98 Å². The van der Waals surface area contributed by atoms with Gasteiger partial charge in [-0.05, 0) is 50.8 Å². The molecule has 1 N–H and O–H groups in total. The topological polar surface area (TPSA) is 62.4 Å². The summed E-state index contributed by atoms with van der Waals surface area (Å²) in [6.07, 6.45) is 3.09. The molecule has 0 aliphatic carbocycles. The molecule has 1 aromatic carbocycles. The Morgan fingerprint density at radius 3 is 2.74 bits per heavy atom. The number of nitrogens with zero attached hydrogens (tertiary/aromatic N) is 3. The predicted molar refractivity (Wildman–Crippen MR) is 88.8 cm³/mol. The molecule has 0 atom stereocenters. The summed E-state index contributed by atoms with van der Waals surface area (Å²) in [5.74, 6) is 1.31. The van der Waals surface area contributed by atoms with Crippen LogP contribution in [0.3, 0.4) is 0 Å². The van der Waals surface area contributed by atoms with Gasteiger partial charge in [-0.1, -0.05) is 35.8 Å². The van der Waals surface area contributed by atoms with E-state index in [0.717, 1.165) is 37.9 Å². The summed E-state index contributed by atoms with van der Waals surface area (Å²) in [5.41, 5.74) is 2.28. The second kappa shape index (κ2) is 6.81. The molecule has 124 valence electrons. The maximum absolute atomic E-state index is 9.61. The lowest BCUT2D eigenvalue weighted by Gasteiger charge is -2.39. The molecule has 0 unspecified atom stereocenters. The fourth-order valence-electron chi connectivity index (χ4n) is 3.22. The molecule has 0 spiro atoms. The third kappa shape index (κ3) is 3.62. The second-order valence-electron chi connectivity index (χ2n) is 6.67. The summed E-state index contributed by atoms with van der Waals surface area (Å²) < 4.78 is 5.41. The van der Waals surface area contributed by atoms with E-state index in [2.05, 4.69) is 41.0 Å². The van der Waals surface area contributed by atoms with Crippen LogP contribution in [0.5, 0.6) is 0 Å². The Balaban J connectivity index is 1.62. The molecular formula is C18H25N3O2. The first kappa shape index (κ1) is 16.1. The third-order valence-electron chi connectivity index (χ3n) is 5.11. The molecule has 3 rings (SSSR count). The highest BCUT2D eigenvalue weighted by Gasteiger charge is 2.32. The first-order chi connectivity index (χ1) is 11.1. The van der Waals surface area contributed by atoms with Crippen LogP contribution in [0.4, 0.5) is 0 Å². The summed E-state index contributed by atoms with van der Waals surface area (Å²) in [5, 5.41) is 13.7. The SMILES string of the molecule is CCC1(CO)CCN(Cc2nc(-c3cccc(C)c3)no2)CC1. The van der Waals surface area contributed by atoms with Crippen molar-refractivity contribution in [2.45, 2.75) is 39.7 Å². The van der Waals surface area contributed by atoms with Crippen molar-refractivity contribution in [3.63, 3.8) is 0 Å². The van der Waals surface area contributed by atoms with Gasteiger partial charge in [0.25, 0.3) is 0 Å². The van der Waals surface area contributed by atoms with E-state index in [1.54, 1.807) is 0 Å². The quantitative estimate of drug-likeness (QED) is 0.919. The smallest absolute Gasteiger partial charge is 0.241 e. The summed E-state index contributed by atoms with van der Waals surface area (Å²) >= 11 is 0. The monoisotopic (exact) mass is 315 g/mol. The van der Waals surface area contributed by atoms with Crippen LogP contribution in [-0.4, -0.2) is 39.8 Å². The predicted octanol–water partition coefficient (Wildman–Crippen LogP) is 3.03. The molecule has 1 fully saturated rings. The van der Waals surface area contributed by atoms with E-state index in [0.29, 0.717) is 18.3 Å². The standard InChI is InChI=1S/C18H25N3O2/c1-3-18(13-22)7-9-21(10-8-18)12-16-19-17(20-23-16)15-6-4-5-14(2)11-15/h4-6,11,22H,3,7-10,12-13H2,1-2H3. The number of aromatic nitrogens is 2. The molecule has 0 saturated carbocycles. The van der Waals surface area contributed by atoms with Crippen molar-refractivity contribution < 1.29 is 9.63 Å². The number of hydrogen-bond acceptors (Lipinski definition) is 5. The lowest BCUT2D eigenvalue weighted by molar-refractivity contribution is 0.0348. The van der Waals surface area contributed by atoms with Crippen LogP contribution < -0.4 is 0 Å². The van der Waals surface area contributed by atoms with Crippen LogP contribution in [0.1, 0.15) is 37.6 Å². The average molecular weight is 315 g/mol. The Labute approximate surface area is 137 Å². The fourth-order valence-corrected chi connectivity index (χ4v) is 3.22. The zero-order valence-corrected chi connectivity index (χ0v) is 14.0. The van der Waals surface area contributed by atoms with Crippen molar-refractivity contribution in [3.05, 3.63) is 35.7 Å². The number of aliphatic hydroxyl groups is 1. The zero-order chi connectivity index (χ0) is 16.3. The van der Waals surface area contributed by atoms with Crippen molar-refractivity contribution in [2.75, 3.05) is 19.7 Å². The van der Waals surface area contributed by atoms with Crippen LogP contribution in [0.15, 0.2) is 28.8 Å². The number of likely N-dealkylation sites (tertiary alicyclic amines) is 1. The molecule has 1 saturated heterocycles. The Morgan fingerprint density at radius 1 is 1.30 bits per heavy atom. The lowest BCUT2D eigenvalue weighted by atomic mass is 9.77. The van der Waals surface area contributed by atoms with Crippen LogP contribution in [0, 0.1) is 12.3 Å². The Kier molecular flexibility index (Phi) is 4.78. The van der Waals surface area contributed by atoms with E-state index < -0.39 is 0 Å². The van der Waals surface area contributed by atoms with Gasteiger partial charge in [-0.15, -0.1) is 0 Å². The van der Waals surface area contributed by atoms with Gasteiger partial charge < -0.3 is 9.63 Å². The normalized spacial score (nSPS) is 18.2. The fraction of sp³-hybridized carbons (Fsp3) is 0.556. The van der Waals surface area contributed by atoms with Gasteiger partial charge in [0.1, 0.15) is 0 Å². The molecule has 5 nitrogen and oxygen atoms in total. The minimum Gasteiger partial charge on any atom is -0.396 e. The van der Waals surface area contributed by atoms with Crippen molar-refractivity contribution in [1.29, 1.82) is 0 Å². The van der Waals surface area contributed by atoms with Crippen molar-refractivity contribution in [2.24, 2.45) is 5.41 Å². The summed E-state index contributed by atoms with van der Waals surface area (Å²) in [6, 6.07) is 8.12. The first-order valence-electron chi connectivity index (χ1n) is 8.37. The second-order valence-corrected chi connectivity index (χ2v) is 6.67. The van der Waals surface area contributed by atoms with Crippen LogP contribution >= 0.6 is 0 Å². The molecule has 0 amide bonds. The molecular weight excluding hydrogens is 290 g/mol. The Hall–Kier alpha value is -1.72. The number of rotatable bonds is 5. The van der Waals surface area contributed by atoms with Gasteiger partial charge in [0, 0.05) is 12.2 Å². The van der Waals surface area contributed by atoms with Gasteiger partial charge in [-0.25, -0.2) is 0 Å². The molecule has 23 heavy (non-hydrogen) atoms. The van der Waals surface area contributed by atoms with Gasteiger partial charge in [0.2, 0.25) is 11.7 Å². The molecule has 1 aromatic heterocycles. The zero-order valence-electron chi connectivity index (χ0n) is 14.0. The maximum atomic E-state index is 9.61. The van der Waals surface area contributed by atoms with E-state index in [-0.39, 0.29) is 12.0 Å². The van der Waals surface area contributed by atoms with Gasteiger partial charge >= 0.3 is 0 Å². The van der Waals surface area contributed by atoms with E-state index >= 15 is 0 Å². The minimum absolute atomic E-state index is 0.109. The lowest BCUT2D eigenvalue weighted by Crippen LogP contribution is -2.41. The van der Waals surface area contributed by atoms with Crippen molar-refractivity contribution in [1.82, 2.24) is 15.0 Å². The first-order valence-corrected chi connectivity index (χ1v) is 8.37. The number of piperidine rings is 1. The molecule has 2 heterocycles. The summed E-state index contributed by atoms with van der Waals surface area (Å²) in [4.78, 5) is 6.85. The summed E-state index contributed by atoms with van der Waals surface area (Å²) in [7, 11) is 0. The van der Waals surface area contributed by atoms with Crippen molar-refractivity contribution in [3.8, 4) is 11.4 Å². The van der Waals surface area contributed by atoms with Crippen LogP contribution in [0.2, 0.25) is 0 Å². The molecule has 5 heteroatoms. The highest BCUT2D eigenvalue weighted by atomic mass is 16.5.